The molecular weight excluding hydrogens is 264 g/mol. The van der Waals surface area contributed by atoms with E-state index in [-0.39, 0.29) is 5.97 Å². The molecule has 4 heteroatoms. The largest absolute Gasteiger partial charge is 0.469 e. The van der Waals surface area contributed by atoms with Crippen molar-refractivity contribution in [2.75, 3.05) is 7.11 Å². The van der Waals surface area contributed by atoms with Gasteiger partial charge in [0.2, 0.25) is 0 Å². The first kappa shape index (κ1) is 15.3. The van der Waals surface area contributed by atoms with Crippen LogP contribution in [0.15, 0.2) is 18.2 Å². The van der Waals surface area contributed by atoms with Crippen LogP contribution < -0.4 is 0 Å². The molecule has 112 valence electrons. The first-order chi connectivity index (χ1) is 9.93. The summed E-state index contributed by atoms with van der Waals surface area (Å²) in [5.41, 5.74) is 6.70. The number of ether oxygens (including phenoxy) is 1. The third-order valence-electron chi connectivity index (χ3n) is 3.83. The Balaban J connectivity index is 2.36. The van der Waals surface area contributed by atoms with Gasteiger partial charge >= 0.3 is 5.97 Å². The summed E-state index contributed by atoms with van der Waals surface area (Å²) in [6, 6.07) is 6.33. The van der Waals surface area contributed by atoms with Crippen molar-refractivity contribution in [2.24, 2.45) is 0 Å². The minimum Gasteiger partial charge on any atom is -0.469 e. The van der Waals surface area contributed by atoms with Crippen LogP contribution >= 0.6 is 0 Å². The van der Waals surface area contributed by atoms with Crippen LogP contribution in [0.4, 0.5) is 0 Å². The summed E-state index contributed by atoms with van der Waals surface area (Å²) in [4.78, 5) is 11.3. The lowest BCUT2D eigenvalue weighted by molar-refractivity contribution is -0.140. The van der Waals surface area contributed by atoms with Crippen LogP contribution in [0, 0.1) is 27.7 Å². The molecule has 0 aliphatic heterocycles. The minimum atomic E-state index is -0.187. The monoisotopic (exact) mass is 286 g/mol. The lowest BCUT2D eigenvalue weighted by Gasteiger charge is -2.09. The van der Waals surface area contributed by atoms with E-state index >= 15 is 0 Å². The van der Waals surface area contributed by atoms with E-state index in [1.54, 1.807) is 0 Å². The molecular formula is C17H22N2O2. The van der Waals surface area contributed by atoms with Crippen molar-refractivity contribution in [3.8, 4) is 5.69 Å². The van der Waals surface area contributed by atoms with Gasteiger partial charge in [-0.3, -0.25) is 4.79 Å². The van der Waals surface area contributed by atoms with Gasteiger partial charge in [-0.2, -0.15) is 5.10 Å². The fourth-order valence-electron chi connectivity index (χ4n) is 2.64. The van der Waals surface area contributed by atoms with E-state index in [1.165, 1.54) is 18.2 Å². The quantitative estimate of drug-likeness (QED) is 0.811. The average Bonchev–Trinajstić information content (AvgIpc) is 2.71. The predicted molar refractivity (Wildman–Crippen MR) is 82.8 cm³/mol. The number of aryl methyl sites for hydroxylation is 3. The number of carbonyl (C=O) groups excluding carboxylic acids is 1. The van der Waals surface area contributed by atoms with Gasteiger partial charge in [0.1, 0.15) is 0 Å². The van der Waals surface area contributed by atoms with Crippen LogP contribution in [0.1, 0.15) is 34.5 Å². The second kappa shape index (κ2) is 6.12. The molecule has 0 saturated heterocycles. The molecule has 2 rings (SSSR count). The van der Waals surface area contributed by atoms with Crippen LogP contribution in [0.3, 0.4) is 0 Å². The molecule has 1 aromatic carbocycles. The number of hydrogen-bond donors (Lipinski definition) is 0. The third-order valence-corrected chi connectivity index (χ3v) is 3.83. The number of esters is 1. The van der Waals surface area contributed by atoms with Gasteiger partial charge in [-0.1, -0.05) is 17.7 Å². The molecule has 0 spiro atoms. The SMILES string of the molecule is COC(=O)CCc1c(C)nn(-c2ccc(C)cc2C)c1C. The normalized spacial score (nSPS) is 10.7. The number of nitrogens with zero attached hydrogens (tertiary/aromatic N) is 2. The number of carbonyl (C=O) groups is 1. The van der Waals surface area contributed by atoms with Gasteiger partial charge in [0, 0.05) is 12.1 Å². The van der Waals surface area contributed by atoms with Crippen molar-refractivity contribution >= 4 is 5.97 Å². The van der Waals surface area contributed by atoms with Gasteiger partial charge < -0.3 is 4.74 Å². The summed E-state index contributed by atoms with van der Waals surface area (Å²) in [6.45, 7) is 8.21. The highest BCUT2D eigenvalue weighted by Crippen LogP contribution is 2.22. The van der Waals surface area contributed by atoms with Crippen LogP contribution in [0.5, 0.6) is 0 Å². The zero-order valence-corrected chi connectivity index (χ0v) is 13.4. The van der Waals surface area contributed by atoms with Gasteiger partial charge in [0.25, 0.3) is 0 Å². The Morgan fingerprint density at radius 1 is 1.24 bits per heavy atom. The highest BCUT2D eigenvalue weighted by atomic mass is 16.5. The Labute approximate surface area is 125 Å². The van der Waals surface area contributed by atoms with E-state index in [2.05, 4.69) is 37.1 Å². The third kappa shape index (κ3) is 3.15. The summed E-state index contributed by atoms with van der Waals surface area (Å²) in [7, 11) is 1.42. The van der Waals surface area contributed by atoms with E-state index in [4.69, 9.17) is 4.74 Å². The van der Waals surface area contributed by atoms with Crippen molar-refractivity contribution in [1.82, 2.24) is 9.78 Å². The van der Waals surface area contributed by atoms with E-state index in [9.17, 15) is 4.79 Å². The van der Waals surface area contributed by atoms with E-state index < -0.39 is 0 Å². The Morgan fingerprint density at radius 2 is 1.95 bits per heavy atom. The number of aromatic nitrogens is 2. The lowest BCUT2D eigenvalue weighted by Crippen LogP contribution is -2.04. The maximum absolute atomic E-state index is 11.3. The van der Waals surface area contributed by atoms with Crippen LogP contribution in [-0.2, 0) is 16.0 Å². The second-order valence-corrected chi connectivity index (χ2v) is 5.43. The van der Waals surface area contributed by atoms with Gasteiger partial charge in [0.05, 0.1) is 18.5 Å². The number of benzene rings is 1. The molecule has 1 heterocycles. The predicted octanol–water partition coefficient (Wildman–Crippen LogP) is 3.21. The fourth-order valence-corrected chi connectivity index (χ4v) is 2.64. The average molecular weight is 286 g/mol. The molecule has 0 unspecified atom stereocenters. The fraction of sp³-hybridized carbons (Fsp3) is 0.412. The zero-order valence-electron chi connectivity index (χ0n) is 13.4. The molecule has 0 aliphatic rings. The maximum Gasteiger partial charge on any atom is 0.305 e. The molecule has 2 aromatic rings. The first-order valence-corrected chi connectivity index (χ1v) is 7.13. The second-order valence-electron chi connectivity index (χ2n) is 5.43. The van der Waals surface area contributed by atoms with Crippen molar-refractivity contribution in [3.05, 3.63) is 46.3 Å². The molecule has 0 bridgehead atoms. The Morgan fingerprint density at radius 3 is 2.57 bits per heavy atom. The van der Waals surface area contributed by atoms with Crippen LogP contribution in [0.2, 0.25) is 0 Å². The molecule has 0 fully saturated rings. The van der Waals surface area contributed by atoms with Crippen molar-refractivity contribution in [2.45, 2.75) is 40.5 Å². The topological polar surface area (TPSA) is 44.1 Å². The first-order valence-electron chi connectivity index (χ1n) is 7.13. The minimum absolute atomic E-state index is 0.187. The van der Waals surface area contributed by atoms with Gasteiger partial charge in [-0.05, 0) is 51.3 Å². The number of methoxy groups -OCH3 is 1. The molecule has 0 amide bonds. The van der Waals surface area contributed by atoms with E-state index in [0.29, 0.717) is 12.8 Å². The summed E-state index contributed by atoms with van der Waals surface area (Å²) in [5.74, 6) is -0.187. The molecule has 0 radical (unpaired) electrons. The molecule has 0 aliphatic carbocycles. The Kier molecular flexibility index (Phi) is 4.46. The highest BCUT2D eigenvalue weighted by Gasteiger charge is 2.15. The van der Waals surface area contributed by atoms with Gasteiger partial charge in [0.15, 0.2) is 0 Å². The number of hydrogen-bond acceptors (Lipinski definition) is 3. The molecule has 4 nitrogen and oxygen atoms in total. The smallest absolute Gasteiger partial charge is 0.305 e. The summed E-state index contributed by atoms with van der Waals surface area (Å²) in [5, 5.41) is 4.64. The lowest BCUT2D eigenvalue weighted by atomic mass is 10.1. The molecule has 0 saturated carbocycles. The molecule has 0 atom stereocenters. The number of rotatable bonds is 4. The molecule has 0 N–H and O–H groups in total. The highest BCUT2D eigenvalue weighted by molar-refractivity contribution is 5.69. The summed E-state index contributed by atoms with van der Waals surface area (Å²) in [6.07, 6.45) is 1.05. The molecule has 21 heavy (non-hydrogen) atoms. The standard InChI is InChI=1S/C17H22N2O2/c1-11-6-8-16(12(2)10-11)19-14(4)15(13(3)18-19)7-9-17(20)21-5/h6,8,10H,7,9H2,1-5H3. The van der Waals surface area contributed by atoms with Gasteiger partial charge in [-0.25, -0.2) is 4.68 Å². The van der Waals surface area contributed by atoms with Crippen LogP contribution in [0.25, 0.3) is 5.69 Å². The van der Waals surface area contributed by atoms with Gasteiger partial charge in [-0.15, -0.1) is 0 Å². The Bertz CT molecular complexity index is 672. The van der Waals surface area contributed by atoms with E-state index in [1.807, 2.05) is 18.5 Å². The zero-order chi connectivity index (χ0) is 15.6. The van der Waals surface area contributed by atoms with Crippen molar-refractivity contribution in [3.63, 3.8) is 0 Å². The van der Waals surface area contributed by atoms with Crippen LogP contribution in [-0.4, -0.2) is 22.9 Å². The maximum atomic E-state index is 11.3. The molecule has 1 aromatic heterocycles. The van der Waals surface area contributed by atoms with E-state index in [0.717, 1.165) is 22.6 Å². The Hall–Kier alpha value is -2.10. The summed E-state index contributed by atoms with van der Waals surface area (Å²) < 4.78 is 6.68. The van der Waals surface area contributed by atoms with Crippen molar-refractivity contribution in [1.29, 1.82) is 0 Å². The van der Waals surface area contributed by atoms with Crippen molar-refractivity contribution < 1.29 is 9.53 Å². The summed E-state index contributed by atoms with van der Waals surface area (Å²) >= 11 is 0.